The van der Waals surface area contributed by atoms with Crippen molar-refractivity contribution in [3.8, 4) is 0 Å². The third kappa shape index (κ3) is 3.86. The molecule has 3 rings (SSSR count). The van der Waals surface area contributed by atoms with Crippen molar-refractivity contribution >= 4 is 58.0 Å². The van der Waals surface area contributed by atoms with Crippen LogP contribution in [0.5, 0.6) is 0 Å². The molecule has 0 atom stereocenters. The van der Waals surface area contributed by atoms with Crippen LogP contribution in [0.1, 0.15) is 11.1 Å². The largest absolute Gasteiger partial charge is 0.300 e. The minimum atomic E-state index is -0.132. The van der Waals surface area contributed by atoms with Gasteiger partial charge >= 0.3 is 0 Å². The number of carbonyl (C=O) groups excluding carboxylic acids is 1. The normalized spacial score (nSPS) is 17.5. The number of nitrogens with zero attached hydrogens (tertiary/aromatic N) is 1. The summed E-state index contributed by atoms with van der Waals surface area (Å²) in [4.78, 5) is 18.5. The van der Waals surface area contributed by atoms with E-state index >= 15 is 0 Å². The molecule has 1 amide bonds. The fourth-order valence-corrected chi connectivity index (χ4v) is 3.57. The smallest absolute Gasteiger partial charge is 0.264 e. The molecular weight excluding hydrogens is 360 g/mol. The molecule has 1 saturated heterocycles. The van der Waals surface area contributed by atoms with Gasteiger partial charge in [-0.15, -0.1) is 11.8 Å². The first kappa shape index (κ1) is 17.1. The number of aliphatic imine (C=N–C) groups is 1. The van der Waals surface area contributed by atoms with E-state index in [9.17, 15) is 4.79 Å². The van der Waals surface area contributed by atoms with Gasteiger partial charge in [-0.05, 0) is 66.4 Å². The highest BCUT2D eigenvalue weighted by Crippen LogP contribution is 2.31. The molecule has 0 unspecified atom stereocenters. The van der Waals surface area contributed by atoms with Crippen LogP contribution in [0.2, 0.25) is 5.02 Å². The van der Waals surface area contributed by atoms with Crippen LogP contribution in [0, 0.1) is 6.92 Å². The number of amides is 1. The average Bonchev–Trinajstić information content (AvgIpc) is 2.92. The summed E-state index contributed by atoms with van der Waals surface area (Å²) in [5.74, 6) is -0.132. The van der Waals surface area contributed by atoms with Gasteiger partial charge in [0.1, 0.15) is 0 Å². The second kappa shape index (κ2) is 7.47. The molecule has 2 aromatic rings. The molecule has 1 aliphatic rings. The van der Waals surface area contributed by atoms with Crippen LogP contribution < -0.4 is 5.32 Å². The van der Waals surface area contributed by atoms with Crippen LogP contribution in [0.15, 0.2) is 57.3 Å². The topological polar surface area (TPSA) is 41.5 Å². The highest BCUT2D eigenvalue weighted by atomic mass is 35.5. The first-order valence-corrected chi connectivity index (χ1v) is 9.67. The lowest BCUT2D eigenvalue weighted by atomic mass is 10.2. The van der Waals surface area contributed by atoms with Crippen LogP contribution in [0.4, 0.5) is 5.69 Å². The van der Waals surface area contributed by atoms with E-state index in [1.807, 2.05) is 61.7 Å². The number of benzene rings is 2. The first-order valence-electron chi connectivity index (χ1n) is 7.25. The number of carbonyl (C=O) groups is 1. The Labute approximate surface area is 154 Å². The zero-order chi connectivity index (χ0) is 17.1. The predicted octanol–water partition coefficient (Wildman–Crippen LogP) is 5.26. The maximum absolute atomic E-state index is 12.1. The molecule has 0 aromatic heterocycles. The van der Waals surface area contributed by atoms with Gasteiger partial charge in [-0.2, -0.15) is 0 Å². The van der Waals surface area contributed by atoms with Gasteiger partial charge < -0.3 is 5.32 Å². The molecule has 1 aliphatic heterocycles. The molecule has 0 bridgehead atoms. The standard InChI is InChI=1S/C18H15ClN2OS2/c1-11-14(19)4-3-5-15(11)20-18-21-17(22)16(24-18)10-12-6-8-13(23-2)9-7-12/h3-10H,1-2H3,(H,20,21,22)/b16-10-. The summed E-state index contributed by atoms with van der Waals surface area (Å²) in [6.45, 7) is 1.91. The molecule has 0 radical (unpaired) electrons. The van der Waals surface area contributed by atoms with Gasteiger partial charge in [-0.1, -0.05) is 29.8 Å². The lowest BCUT2D eigenvalue weighted by Gasteiger charge is -2.02. The number of rotatable bonds is 3. The van der Waals surface area contributed by atoms with E-state index in [1.165, 1.54) is 16.7 Å². The summed E-state index contributed by atoms with van der Waals surface area (Å²) in [5, 5.41) is 4.03. The SMILES string of the molecule is CSc1ccc(/C=C2\SC(=Nc3cccc(Cl)c3C)NC2=O)cc1. The molecule has 1 heterocycles. The molecule has 24 heavy (non-hydrogen) atoms. The second-order valence-electron chi connectivity index (χ2n) is 5.14. The van der Waals surface area contributed by atoms with Gasteiger partial charge in [0.05, 0.1) is 10.6 Å². The second-order valence-corrected chi connectivity index (χ2v) is 7.46. The van der Waals surface area contributed by atoms with Crippen LogP contribution in [0.3, 0.4) is 0 Å². The van der Waals surface area contributed by atoms with E-state index < -0.39 is 0 Å². The van der Waals surface area contributed by atoms with Crippen molar-refractivity contribution < 1.29 is 4.79 Å². The molecule has 6 heteroatoms. The summed E-state index contributed by atoms with van der Waals surface area (Å²) < 4.78 is 0. The quantitative estimate of drug-likeness (QED) is 0.588. The number of hydrogen-bond donors (Lipinski definition) is 1. The van der Waals surface area contributed by atoms with Gasteiger partial charge in [-0.25, -0.2) is 4.99 Å². The van der Waals surface area contributed by atoms with Crippen molar-refractivity contribution in [1.82, 2.24) is 5.32 Å². The zero-order valence-electron chi connectivity index (χ0n) is 13.2. The lowest BCUT2D eigenvalue weighted by Crippen LogP contribution is -2.19. The van der Waals surface area contributed by atoms with E-state index in [-0.39, 0.29) is 5.91 Å². The zero-order valence-corrected chi connectivity index (χ0v) is 15.6. The maximum atomic E-state index is 12.1. The van der Waals surface area contributed by atoms with Crippen LogP contribution in [-0.2, 0) is 4.79 Å². The highest BCUT2D eigenvalue weighted by molar-refractivity contribution is 8.18. The molecule has 1 N–H and O–H groups in total. The summed E-state index contributed by atoms with van der Waals surface area (Å²) >= 11 is 9.14. The van der Waals surface area contributed by atoms with E-state index in [2.05, 4.69) is 10.3 Å². The molecule has 122 valence electrons. The molecule has 0 aliphatic carbocycles. The Kier molecular flexibility index (Phi) is 5.33. The average molecular weight is 375 g/mol. The lowest BCUT2D eigenvalue weighted by molar-refractivity contribution is -0.115. The Morgan fingerprint density at radius 3 is 2.67 bits per heavy atom. The molecule has 0 spiro atoms. The Hall–Kier alpha value is -1.69. The van der Waals surface area contributed by atoms with Crippen LogP contribution in [0.25, 0.3) is 6.08 Å². The fourth-order valence-electron chi connectivity index (χ4n) is 2.16. The van der Waals surface area contributed by atoms with Crippen molar-refractivity contribution in [2.75, 3.05) is 6.26 Å². The third-order valence-corrected chi connectivity index (χ3v) is 5.59. The molecule has 0 saturated carbocycles. The number of nitrogens with one attached hydrogen (secondary N) is 1. The number of halogens is 1. The molecule has 3 nitrogen and oxygen atoms in total. The molecule has 2 aromatic carbocycles. The first-order chi connectivity index (χ1) is 11.6. The predicted molar refractivity (Wildman–Crippen MR) is 105 cm³/mol. The summed E-state index contributed by atoms with van der Waals surface area (Å²) in [5.41, 5.74) is 2.65. The molecular formula is C18H15ClN2OS2. The van der Waals surface area contributed by atoms with Crippen LogP contribution >= 0.6 is 35.1 Å². The minimum Gasteiger partial charge on any atom is -0.300 e. The summed E-state index contributed by atoms with van der Waals surface area (Å²) in [6, 6.07) is 13.6. The van der Waals surface area contributed by atoms with Crippen molar-refractivity contribution in [3.05, 3.63) is 63.5 Å². The van der Waals surface area contributed by atoms with Crippen LogP contribution in [-0.4, -0.2) is 17.3 Å². The number of hydrogen-bond acceptors (Lipinski definition) is 4. The van der Waals surface area contributed by atoms with Gasteiger partial charge in [0.25, 0.3) is 5.91 Å². The van der Waals surface area contributed by atoms with Gasteiger partial charge in [0, 0.05) is 9.92 Å². The Balaban J connectivity index is 1.83. The van der Waals surface area contributed by atoms with Crippen molar-refractivity contribution in [3.63, 3.8) is 0 Å². The van der Waals surface area contributed by atoms with E-state index in [4.69, 9.17) is 11.6 Å². The molecule has 1 fully saturated rings. The summed E-state index contributed by atoms with van der Waals surface area (Å²) in [7, 11) is 0. The van der Waals surface area contributed by atoms with Gasteiger partial charge in [0.15, 0.2) is 5.17 Å². The number of amidine groups is 1. The number of thioether (sulfide) groups is 2. The van der Waals surface area contributed by atoms with Crippen molar-refractivity contribution in [2.24, 2.45) is 4.99 Å². The van der Waals surface area contributed by atoms with Gasteiger partial charge in [0.2, 0.25) is 0 Å². The van der Waals surface area contributed by atoms with Crippen molar-refractivity contribution in [2.45, 2.75) is 11.8 Å². The summed E-state index contributed by atoms with van der Waals surface area (Å²) in [6.07, 6.45) is 3.91. The Morgan fingerprint density at radius 2 is 1.96 bits per heavy atom. The van der Waals surface area contributed by atoms with E-state index in [1.54, 1.807) is 11.8 Å². The third-order valence-electron chi connectivity index (χ3n) is 3.53. The van der Waals surface area contributed by atoms with Gasteiger partial charge in [-0.3, -0.25) is 4.79 Å². The minimum absolute atomic E-state index is 0.132. The highest BCUT2D eigenvalue weighted by Gasteiger charge is 2.24. The Bertz CT molecular complexity index is 845. The maximum Gasteiger partial charge on any atom is 0.264 e. The fraction of sp³-hybridized carbons (Fsp3) is 0.111. The van der Waals surface area contributed by atoms with E-state index in [0.717, 1.165) is 16.8 Å². The van der Waals surface area contributed by atoms with E-state index in [0.29, 0.717) is 15.1 Å². The monoisotopic (exact) mass is 374 g/mol. The van der Waals surface area contributed by atoms with Crippen molar-refractivity contribution in [1.29, 1.82) is 0 Å². The Morgan fingerprint density at radius 1 is 1.21 bits per heavy atom.